The summed E-state index contributed by atoms with van der Waals surface area (Å²) >= 11 is 0. The highest BCUT2D eigenvalue weighted by Crippen LogP contribution is 2.48. The van der Waals surface area contributed by atoms with Gasteiger partial charge < -0.3 is 9.47 Å². The van der Waals surface area contributed by atoms with Crippen molar-refractivity contribution in [2.24, 2.45) is 14.1 Å². The van der Waals surface area contributed by atoms with E-state index < -0.39 is 0 Å². The van der Waals surface area contributed by atoms with Crippen molar-refractivity contribution in [1.82, 2.24) is 0 Å². The quantitative estimate of drug-likeness (QED) is 0.174. The molecule has 6 aromatic rings. The van der Waals surface area contributed by atoms with Crippen LogP contribution >= 0.6 is 0 Å². The van der Waals surface area contributed by atoms with Gasteiger partial charge in [0, 0.05) is 37.1 Å². The van der Waals surface area contributed by atoms with Crippen molar-refractivity contribution >= 4 is 0 Å². The van der Waals surface area contributed by atoms with Crippen LogP contribution in [0.15, 0.2) is 122 Å². The normalized spacial score (nSPS) is 15.3. The van der Waals surface area contributed by atoms with Gasteiger partial charge in [-0.3, -0.25) is 0 Å². The van der Waals surface area contributed by atoms with Crippen LogP contribution in [0.5, 0.6) is 11.5 Å². The molecule has 0 radical (unpaired) electrons. The number of hydrogen-bond donors (Lipinski definition) is 0. The zero-order valence-corrected chi connectivity index (χ0v) is 30.4. The maximum atomic E-state index is 6.79. The third kappa shape index (κ3) is 6.44. The molecule has 1 spiro atoms. The standard InChI is InChI=1S/C26H28NO.C21H20NO/c1-19-11-12-22-18-26(14-7-4-8-15-26)28-25(22)24(19)23-17-21(13-16-27(23)2)20-9-5-3-6-10-20;1-15-8-9-17-11-13-23-21(17)20(15)19-14-18(10-12-22(19)2)16-6-4-3-5-7-16/h3,5-6,9-13,16-17H,4,7-8,14-15,18H2,1-2H3;3-10,12,14H,11,13H2,1-2H3/q2*+1. The maximum Gasteiger partial charge on any atom is 0.216 e. The van der Waals surface area contributed by atoms with Crippen molar-refractivity contribution in [1.29, 1.82) is 0 Å². The molecule has 4 nitrogen and oxygen atoms in total. The van der Waals surface area contributed by atoms with Crippen molar-refractivity contribution in [3.8, 4) is 56.3 Å². The largest absolute Gasteiger partial charge is 0.492 e. The summed E-state index contributed by atoms with van der Waals surface area (Å²) in [5, 5.41) is 0. The lowest BCUT2D eigenvalue weighted by atomic mass is 9.82. The second-order valence-electron chi connectivity index (χ2n) is 14.7. The van der Waals surface area contributed by atoms with E-state index in [0.29, 0.717) is 0 Å². The predicted molar refractivity (Wildman–Crippen MR) is 206 cm³/mol. The van der Waals surface area contributed by atoms with Gasteiger partial charge in [-0.1, -0.05) is 91.3 Å². The summed E-state index contributed by atoms with van der Waals surface area (Å²) in [6, 6.07) is 39.0. The minimum absolute atomic E-state index is 0.0404. The Balaban J connectivity index is 0.000000150. The monoisotopic (exact) mass is 672 g/mol. The molecule has 4 heteroatoms. The molecule has 0 N–H and O–H groups in total. The van der Waals surface area contributed by atoms with Crippen LogP contribution in [-0.4, -0.2) is 12.2 Å². The summed E-state index contributed by atoms with van der Waals surface area (Å²) in [7, 11) is 4.23. The summed E-state index contributed by atoms with van der Waals surface area (Å²) in [5.41, 5.74) is 15.2. The molecule has 9 rings (SSSR count). The van der Waals surface area contributed by atoms with Crippen LogP contribution in [0, 0.1) is 13.8 Å². The fraction of sp³-hybridized carbons (Fsp3) is 0.277. The van der Waals surface area contributed by atoms with Crippen molar-refractivity contribution in [2.75, 3.05) is 6.61 Å². The molecule has 0 bridgehead atoms. The van der Waals surface area contributed by atoms with Crippen molar-refractivity contribution in [2.45, 2.75) is 64.4 Å². The van der Waals surface area contributed by atoms with Crippen LogP contribution in [-0.2, 0) is 26.9 Å². The van der Waals surface area contributed by atoms with Gasteiger partial charge >= 0.3 is 0 Å². The first-order valence-electron chi connectivity index (χ1n) is 18.6. The molecule has 51 heavy (non-hydrogen) atoms. The van der Waals surface area contributed by atoms with E-state index in [4.69, 9.17) is 9.47 Å². The number of nitrogens with zero attached hydrogens (tertiary/aromatic N) is 2. The van der Waals surface area contributed by atoms with Gasteiger partial charge in [0.15, 0.2) is 12.4 Å². The Bertz CT molecular complexity index is 2200. The zero-order chi connectivity index (χ0) is 35.0. The topological polar surface area (TPSA) is 26.2 Å². The Kier molecular flexibility index (Phi) is 8.94. The van der Waals surface area contributed by atoms with E-state index in [1.807, 2.05) is 0 Å². The smallest absolute Gasteiger partial charge is 0.216 e. The molecule has 3 aliphatic rings. The first-order chi connectivity index (χ1) is 24.9. The lowest BCUT2D eigenvalue weighted by Crippen LogP contribution is -2.36. The molecule has 4 aromatic carbocycles. The molecule has 256 valence electrons. The molecule has 4 heterocycles. The summed E-state index contributed by atoms with van der Waals surface area (Å²) in [6.07, 6.45) is 12.7. The molecule has 0 amide bonds. The summed E-state index contributed by atoms with van der Waals surface area (Å²) < 4.78 is 17.1. The number of rotatable bonds is 4. The maximum absolute atomic E-state index is 6.79. The third-order valence-electron chi connectivity index (χ3n) is 11.1. The van der Waals surface area contributed by atoms with E-state index in [1.165, 1.54) is 99.1 Å². The second kappa shape index (κ2) is 13.8. The van der Waals surface area contributed by atoms with E-state index in [1.54, 1.807) is 0 Å². The first kappa shape index (κ1) is 33.0. The van der Waals surface area contributed by atoms with Gasteiger partial charge in [-0.25, -0.2) is 9.13 Å². The molecule has 2 aromatic heterocycles. The minimum Gasteiger partial charge on any atom is -0.492 e. The van der Waals surface area contributed by atoms with E-state index >= 15 is 0 Å². The average molecular weight is 673 g/mol. The van der Waals surface area contributed by atoms with Crippen molar-refractivity contribution in [3.05, 3.63) is 144 Å². The number of ether oxygens (including phenoxy) is 2. The van der Waals surface area contributed by atoms with Gasteiger partial charge in [-0.2, -0.15) is 0 Å². The van der Waals surface area contributed by atoms with Gasteiger partial charge in [-0.15, -0.1) is 0 Å². The Morgan fingerprint density at radius 1 is 0.549 bits per heavy atom. The van der Waals surface area contributed by atoms with Crippen LogP contribution in [0.3, 0.4) is 0 Å². The fourth-order valence-electron chi connectivity index (χ4n) is 8.30. The Morgan fingerprint density at radius 3 is 1.65 bits per heavy atom. The van der Waals surface area contributed by atoms with E-state index in [-0.39, 0.29) is 5.60 Å². The predicted octanol–water partition coefficient (Wildman–Crippen LogP) is 9.88. The number of pyridine rings is 2. The average Bonchev–Trinajstić information content (AvgIpc) is 3.78. The van der Waals surface area contributed by atoms with Crippen LogP contribution < -0.4 is 18.6 Å². The van der Waals surface area contributed by atoms with Crippen LogP contribution in [0.4, 0.5) is 0 Å². The molecular weight excluding hydrogens is 625 g/mol. The highest BCUT2D eigenvalue weighted by molar-refractivity contribution is 5.77. The molecule has 1 aliphatic carbocycles. The molecule has 0 atom stereocenters. The van der Waals surface area contributed by atoms with Gasteiger partial charge in [0.1, 0.15) is 31.2 Å². The van der Waals surface area contributed by atoms with Crippen LogP contribution in [0.1, 0.15) is 54.4 Å². The van der Waals surface area contributed by atoms with Gasteiger partial charge in [-0.05, 0) is 84.0 Å². The van der Waals surface area contributed by atoms with Crippen LogP contribution in [0.25, 0.3) is 44.8 Å². The summed E-state index contributed by atoms with van der Waals surface area (Å²) in [5.74, 6) is 2.19. The lowest BCUT2D eigenvalue weighted by molar-refractivity contribution is -0.660. The van der Waals surface area contributed by atoms with Gasteiger partial charge in [0.25, 0.3) is 0 Å². The molecule has 1 fully saturated rings. The van der Waals surface area contributed by atoms with E-state index in [0.717, 1.165) is 30.9 Å². The van der Waals surface area contributed by atoms with E-state index in [9.17, 15) is 0 Å². The Hall–Kier alpha value is -5.22. The Labute approximate surface area is 303 Å². The molecule has 0 saturated heterocycles. The van der Waals surface area contributed by atoms with E-state index in [2.05, 4.69) is 159 Å². The van der Waals surface area contributed by atoms with Crippen molar-refractivity contribution in [3.63, 3.8) is 0 Å². The number of benzene rings is 4. The van der Waals surface area contributed by atoms with Gasteiger partial charge in [0.2, 0.25) is 11.4 Å². The highest BCUT2D eigenvalue weighted by Gasteiger charge is 2.42. The minimum atomic E-state index is 0.0404. The SMILES string of the molecule is Cc1ccc2c(c1-c1cc(-c3ccccc3)cc[n+]1C)OC1(CCCCC1)C2.Cc1ccc2c(c1-c1cc(-c3ccccc3)cc[n+]1C)OCC2. The number of aromatic nitrogens is 2. The number of hydrogen-bond acceptors (Lipinski definition) is 2. The molecular formula is C47H48N2O2+2. The lowest BCUT2D eigenvalue weighted by Gasteiger charge is -2.32. The highest BCUT2D eigenvalue weighted by atomic mass is 16.5. The fourth-order valence-corrected chi connectivity index (χ4v) is 8.30. The number of fused-ring (bicyclic) bond motifs is 2. The van der Waals surface area contributed by atoms with Crippen molar-refractivity contribution < 1.29 is 18.6 Å². The third-order valence-corrected chi connectivity index (χ3v) is 11.1. The van der Waals surface area contributed by atoms with Gasteiger partial charge in [0.05, 0.1) is 17.7 Å². The molecule has 2 aliphatic heterocycles. The number of aryl methyl sites for hydroxylation is 4. The second-order valence-corrected chi connectivity index (χ2v) is 14.7. The summed E-state index contributed by atoms with van der Waals surface area (Å²) in [6.45, 7) is 5.15. The Morgan fingerprint density at radius 2 is 1.08 bits per heavy atom. The molecule has 1 saturated carbocycles. The first-order valence-corrected chi connectivity index (χ1v) is 18.6. The van der Waals surface area contributed by atoms with Crippen LogP contribution in [0.2, 0.25) is 0 Å². The molecule has 0 unspecified atom stereocenters. The zero-order valence-electron chi connectivity index (χ0n) is 30.4. The summed E-state index contributed by atoms with van der Waals surface area (Å²) in [4.78, 5) is 0.